The van der Waals surface area contributed by atoms with Crippen LogP contribution in [-0.4, -0.2) is 41.5 Å². The van der Waals surface area contributed by atoms with Crippen molar-refractivity contribution < 1.29 is 18.0 Å². The Labute approximate surface area is 183 Å². The summed E-state index contributed by atoms with van der Waals surface area (Å²) in [4.78, 5) is 31.0. The highest BCUT2D eigenvalue weighted by Crippen LogP contribution is 2.36. The number of carbonyl (C=O) groups is 2. The van der Waals surface area contributed by atoms with Gasteiger partial charge in [0.25, 0.3) is 5.91 Å². The molecule has 0 spiro atoms. The molecule has 0 aliphatic carbocycles. The predicted octanol–water partition coefficient (Wildman–Crippen LogP) is 2.72. The van der Waals surface area contributed by atoms with Gasteiger partial charge in [0.1, 0.15) is 5.69 Å². The third kappa shape index (κ3) is 3.86. The zero-order valence-electron chi connectivity index (χ0n) is 17.2. The lowest BCUT2D eigenvalue weighted by atomic mass is 9.92. The van der Waals surface area contributed by atoms with Crippen molar-refractivity contribution in [2.24, 2.45) is 12.5 Å². The van der Waals surface area contributed by atoms with E-state index in [4.69, 9.17) is 0 Å². The number of aryl methyl sites for hydroxylation is 1. The zero-order valence-corrected chi connectivity index (χ0v) is 18.8. The average molecular weight is 460 g/mol. The quantitative estimate of drug-likeness (QED) is 0.627. The molecule has 11 heteroatoms. The third-order valence-electron chi connectivity index (χ3n) is 5.14. The Morgan fingerprint density at radius 3 is 2.71 bits per heavy atom. The first-order chi connectivity index (χ1) is 14.6. The summed E-state index contributed by atoms with van der Waals surface area (Å²) in [6.45, 7) is 4.27. The number of aromatic nitrogens is 3. The highest BCUT2D eigenvalue weighted by Gasteiger charge is 2.41. The topological polar surface area (TPSA) is 114 Å². The highest BCUT2D eigenvalue weighted by molar-refractivity contribution is 7.93. The summed E-state index contributed by atoms with van der Waals surface area (Å²) in [7, 11) is -2.10. The largest absolute Gasteiger partial charge is 0.317 e. The van der Waals surface area contributed by atoms with Crippen LogP contribution < -0.4 is 10.2 Å². The first kappa shape index (κ1) is 21.2. The van der Waals surface area contributed by atoms with Gasteiger partial charge in [-0.15, -0.1) is 11.3 Å². The van der Waals surface area contributed by atoms with Crippen LogP contribution in [0, 0.1) is 5.41 Å². The van der Waals surface area contributed by atoms with Crippen LogP contribution >= 0.6 is 11.3 Å². The van der Waals surface area contributed by atoms with E-state index >= 15 is 0 Å². The minimum Gasteiger partial charge on any atom is -0.317 e. The number of rotatable bonds is 5. The van der Waals surface area contributed by atoms with Crippen molar-refractivity contribution >= 4 is 44.5 Å². The van der Waals surface area contributed by atoms with E-state index in [-0.39, 0.29) is 20.7 Å². The normalized spacial score (nSPS) is 16.0. The van der Waals surface area contributed by atoms with Gasteiger partial charge in [-0.3, -0.25) is 19.2 Å². The SMILES string of the molecule is Cn1cc(NC(=O)c2cccc(S(=O)(=O)c3nccs3)c2)c(N2CCC(C)(C)C2=O)n1. The van der Waals surface area contributed by atoms with Gasteiger partial charge in [0.2, 0.25) is 20.1 Å². The van der Waals surface area contributed by atoms with Gasteiger partial charge in [0.05, 0.1) is 11.1 Å². The number of nitrogens with one attached hydrogen (secondary N) is 1. The van der Waals surface area contributed by atoms with Gasteiger partial charge in [0, 0.05) is 36.1 Å². The van der Waals surface area contributed by atoms with E-state index in [1.165, 1.54) is 35.1 Å². The number of thiazole rings is 1. The van der Waals surface area contributed by atoms with E-state index in [0.717, 1.165) is 11.3 Å². The molecule has 2 aromatic heterocycles. The number of nitrogens with zero attached hydrogens (tertiary/aromatic N) is 4. The Kier molecular flexibility index (Phi) is 5.18. The Hall–Kier alpha value is -3.05. The molecule has 0 bridgehead atoms. The molecule has 1 aromatic carbocycles. The molecule has 3 aromatic rings. The minimum absolute atomic E-state index is 0.0158. The zero-order chi connectivity index (χ0) is 22.4. The van der Waals surface area contributed by atoms with Gasteiger partial charge in [-0.25, -0.2) is 13.4 Å². The molecule has 1 fully saturated rings. The first-order valence-electron chi connectivity index (χ1n) is 9.51. The Balaban J connectivity index is 1.61. The van der Waals surface area contributed by atoms with Gasteiger partial charge < -0.3 is 5.32 Å². The monoisotopic (exact) mass is 459 g/mol. The highest BCUT2D eigenvalue weighted by atomic mass is 32.2. The summed E-state index contributed by atoms with van der Waals surface area (Å²) < 4.78 is 26.9. The minimum atomic E-state index is -3.80. The average Bonchev–Trinajstić information content (AvgIpc) is 3.44. The van der Waals surface area contributed by atoms with E-state index in [1.807, 2.05) is 13.8 Å². The number of hydrogen-bond acceptors (Lipinski definition) is 7. The second-order valence-corrected chi connectivity index (χ2v) is 10.9. The van der Waals surface area contributed by atoms with Gasteiger partial charge in [-0.1, -0.05) is 19.9 Å². The predicted molar refractivity (Wildman–Crippen MR) is 116 cm³/mol. The number of carbonyl (C=O) groups excluding carboxylic acids is 2. The molecular weight excluding hydrogens is 438 g/mol. The van der Waals surface area contributed by atoms with Gasteiger partial charge in [-0.2, -0.15) is 5.10 Å². The Bertz CT molecular complexity index is 1260. The molecule has 3 heterocycles. The summed E-state index contributed by atoms with van der Waals surface area (Å²) in [6, 6.07) is 5.77. The number of amides is 2. The smallest absolute Gasteiger partial charge is 0.255 e. The molecule has 0 saturated carbocycles. The molecule has 0 atom stereocenters. The number of anilines is 2. The van der Waals surface area contributed by atoms with E-state index in [0.29, 0.717) is 24.5 Å². The second kappa shape index (κ2) is 7.57. The van der Waals surface area contributed by atoms with E-state index in [9.17, 15) is 18.0 Å². The fourth-order valence-corrected chi connectivity index (χ4v) is 5.64. The van der Waals surface area contributed by atoms with Crippen LogP contribution in [0.4, 0.5) is 11.5 Å². The van der Waals surface area contributed by atoms with Gasteiger partial charge in [-0.05, 0) is 24.6 Å². The van der Waals surface area contributed by atoms with E-state index in [2.05, 4.69) is 15.4 Å². The fourth-order valence-electron chi connectivity index (χ4n) is 3.37. The molecule has 1 aliphatic heterocycles. The van der Waals surface area contributed by atoms with Gasteiger partial charge >= 0.3 is 0 Å². The molecule has 0 unspecified atom stereocenters. The maximum atomic E-state index is 12.9. The third-order valence-corrected chi connectivity index (χ3v) is 8.10. The van der Waals surface area contributed by atoms with Crippen molar-refractivity contribution in [2.45, 2.75) is 29.5 Å². The van der Waals surface area contributed by atoms with E-state index in [1.54, 1.807) is 23.5 Å². The van der Waals surface area contributed by atoms with Crippen molar-refractivity contribution in [3.8, 4) is 0 Å². The fraction of sp³-hybridized carbons (Fsp3) is 0.300. The number of hydrogen-bond donors (Lipinski definition) is 1. The lowest BCUT2D eigenvalue weighted by Crippen LogP contribution is -2.32. The molecule has 31 heavy (non-hydrogen) atoms. The van der Waals surface area contributed by atoms with Crippen LogP contribution in [0.1, 0.15) is 30.6 Å². The van der Waals surface area contributed by atoms with Crippen molar-refractivity contribution in [1.82, 2.24) is 14.8 Å². The van der Waals surface area contributed by atoms with Gasteiger partial charge in [0.15, 0.2) is 5.82 Å². The molecular formula is C20H21N5O4S2. The number of benzene rings is 1. The van der Waals surface area contributed by atoms with Crippen LogP contribution in [0.2, 0.25) is 0 Å². The van der Waals surface area contributed by atoms with Crippen LogP contribution in [0.15, 0.2) is 51.3 Å². The summed E-state index contributed by atoms with van der Waals surface area (Å²) in [5.41, 5.74) is 0.0596. The van der Waals surface area contributed by atoms with Crippen LogP contribution in [0.3, 0.4) is 0 Å². The van der Waals surface area contributed by atoms with Crippen molar-refractivity contribution in [3.05, 3.63) is 47.6 Å². The van der Waals surface area contributed by atoms with Crippen LogP contribution in [0.5, 0.6) is 0 Å². The molecule has 9 nitrogen and oxygen atoms in total. The lowest BCUT2D eigenvalue weighted by molar-refractivity contribution is -0.124. The summed E-state index contributed by atoms with van der Waals surface area (Å²) in [6.07, 6.45) is 3.72. The van der Waals surface area contributed by atoms with Crippen molar-refractivity contribution in [3.63, 3.8) is 0 Å². The molecule has 2 amide bonds. The maximum absolute atomic E-state index is 12.9. The van der Waals surface area contributed by atoms with Crippen molar-refractivity contribution in [1.29, 1.82) is 0 Å². The van der Waals surface area contributed by atoms with Crippen molar-refractivity contribution in [2.75, 3.05) is 16.8 Å². The second-order valence-electron chi connectivity index (χ2n) is 7.91. The standard InChI is InChI=1S/C20H21N5O4S2/c1-20(2)7-9-25(18(20)27)16-15(12-24(3)23-16)22-17(26)13-5-4-6-14(11-13)31(28,29)19-21-8-10-30-19/h4-6,8,10-12H,7,9H2,1-3H3,(H,22,26). The molecule has 1 aliphatic rings. The maximum Gasteiger partial charge on any atom is 0.255 e. The molecule has 162 valence electrons. The Morgan fingerprint density at radius 1 is 1.29 bits per heavy atom. The summed E-state index contributed by atoms with van der Waals surface area (Å²) in [5.74, 6) is -0.187. The first-order valence-corrected chi connectivity index (χ1v) is 11.9. The van der Waals surface area contributed by atoms with Crippen LogP contribution in [-0.2, 0) is 21.7 Å². The van der Waals surface area contributed by atoms with E-state index < -0.39 is 21.2 Å². The van der Waals surface area contributed by atoms with Crippen LogP contribution in [0.25, 0.3) is 0 Å². The summed E-state index contributed by atoms with van der Waals surface area (Å²) in [5, 5.41) is 8.69. The Morgan fingerprint density at radius 2 is 2.06 bits per heavy atom. The molecule has 4 rings (SSSR count). The lowest BCUT2D eigenvalue weighted by Gasteiger charge is -2.18. The number of sulfone groups is 1. The molecule has 1 N–H and O–H groups in total. The molecule has 1 saturated heterocycles. The summed E-state index contributed by atoms with van der Waals surface area (Å²) >= 11 is 1.01. The molecule has 0 radical (unpaired) electrons.